The number of hydrogen-bond donors (Lipinski definition) is 1. The summed E-state index contributed by atoms with van der Waals surface area (Å²) < 4.78 is 4.65. The Hall–Kier alpha value is -1.88. The lowest BCUT2D eigenvalue weighted by Gasteiger charge is -2.09. The molecule has 0 aromatic heterocycles. The molecule has 96 valence electrons. The van der Waals surface area contributed by atoms with Crippen LogP contribution in [-0.4, -0.2) is 30.4 Å². The summed E-state index contributed by atoms with van der Waals surface area (Å²) in [6.45, 7) is 3.50. The van der Waals surface area contributed by atoms with E-state index in [4.69, 9.17) is 0 Å². The van der Waals surface area contributed by atoms with Crippen LogP contribution in [0, 0.1) is 0 Å². The van der Waals surface area contributed by atoms with Gasteiger partial charge in [-0.3, -0.25) is 9.69 Å². The third-order valence-corrected chi connectivity index (χ3v) is 2.85. The van der Waals surface area contributed by atoms with Crippen LogP contribution in [0.3, 0.4) is 0 Å². The van der Waals surface area contributed by atoms with Crippen LogP contribution in [0.4, 0.5) is 5.69 Å². The number of nitrogens with one attached hydrogen (secondary N) is 1. The fourth-order valence-electron chi connectivity index (χ4n) is 2.07. The number of esters is 1. The molecule has 1 heterocycles. The average Bonchev–Trinajstić information content (AvgIpc) is 2.71. The van der Waals surface area contributed by atoms with Gasteiger partial charge < -0.3 is 10.1 Å². The lowest BCUT2D eigenvalue weighted by molar-refractivity contribution is -0.152. The summed E-state index contributed by atoms with van der Waals surface area (Å²) in [6.07, 6.45) is 0. The second-order valence-corrected chi connectivity index (χ2v) is 4.29. The van der Waals surface area contributed by atoms with Gasteiger partial charge in [0.25, 0.3) is 0 Å². The van der Waals surface area contributed by atoms with E-state index in [1.54, 1.807) is 13.0 Å². The summed E-state index contributed by atoms with van der Waals surface area (Å²) in [5, 5.41) is 2.61. The number of carbonyl (C=O) groups excluding carboxylic acids is 2. The number of ether oxygens (including phenoxy) is 1. The van der Waals surface area contributed by atoms with Gasteiger partial charge >= 0.3 is 11.9 Å². The van der Waals surface area contributed by atoms with E-state index in [2.05, 4.69) is 15.0 Å². The molecular formula is C13H16N2O3. The van der Waals surface area contributed by atoms with E-state index in [0.29, 0.717) is 5.69 Å². The molecule has 1 N–H and O–H groups in total. The Morgan fingerprint density at radius 1 is 1.39 bits per heavy atom. The fraction of sp³-hybridized carbons (Fsp3) is 0.385. The highest BCUT2D eigenvalue weighted by molar-refractivity contribution is 6.37. The summed E-state index contributed by atoms with van der Waals surface area (Å²) in [7, 11) is 2.01. The van der Waals surface area contributed by atoms with E-state index in [1.807, 2.05) is 19.2 Å². The number of fused-ring (bicyclic) bond motifs is 1. The van der Waals surface area contributed by atoms with Gasteiger partial charge in [0.05, 0.1) is 6.61 Å². The van der Waals surface area contributed by atoms with Gasteiger partial charge in [-0.25, -0.2) is 4.79 Å². The maximum Gasteiger partial charge on any atom is 0.397 e. The minimum Gasteiger partial charge on any atom is -0.459 e. The molecular weight excluding hydrogens is 232 g/mol. The molecule has 1 amide bonds. The van der Waals surface area contributed by atoms with Gasteiger partial charge in [0.15, 0.2) is 0 Å². The van der Waals surface area contributed by atoms with E-state index in [0.717, 1.165) is 18.7 Å². The molecule has 0 unspecified atom stereocenters. The number of hydrogen-bond acceptors (Lipinski definition) is 4. The molecule has 0 aliphatic carbocycles. The zero-order chi connectivity index (χ0) is 13.1. The van der Waals surface area contributed by atoms with Crippen molar-refractivity contribution in [3.05, 3.63) is 29.3 Å². The van der Waals surface area contributed by atoms with Gasteiger partial charge in [0.2, 0.25) is 0 Å². The number of carbonyl (C=O) groups is 2. The number of rotatable bonds is 2. The smallest absolute Gasteiger partial charge is 0.397 e. The Balaban J connectivity index is 2.14. The lowest BCUT2D eigenvalue weighted by atomic mass is 10.1. The molecule has 5 nitrogen and oxygen atoms in total. The van der Waals surface area contributed by atoms with Crippen molar-refractivity contribution in [2.45, 2.75) is 20.0 Å². The monoisotopic (exact) mass is 248 g/mol. The molecule has 0 saturated heterocycles. The standard InChI is InChI=1S/C13H16N2O3/c1-3-18-13(17)12(16)14-11-6-4-5-9-7-15(2)8-10(9)11/h4-6H,3,7-8H2,1-2H3,(H,14,16). The van der Waals surface area contributed by atoms with Crippen molar-refractivity contribution in [3.63, 3.8) is 0 Å². The Morgan fingerprint density at radius 3 is 2.89 bits per heavy atom. The largest absolute Gasteiger partial charge is 0.459 e. The molecule has 0 fully saturated rings. The molecule has 1 aliphatic heterocycles. The van der Waals surface area contributed by atoms with Crippen LogP contribution in [0.25, 0.3) is 0 Å². The Morgan fingerprint density at radius 2 is 2.17 bits per heavy atom. The zero-order valence-corrected chi connectivity index (χ0v) is 10.5. The minimum absolute atomic E-state index is 0.196. The van der Waals surface area contributed by atoms with Gasteiger partial charge in [-0.15, -0.1) is 0 Å². The summed E-state index contributed by atoms with van der Waals surface area (Å²) >= 11 is 0. The van der Waals surface area contributed by atoms with Crippen LogP contribution in [0.2, 0.25) is 0 Å². The zero-order valence-electron chi connectivity index (χ0n) is 10.5. The Kier molecular flexibility index (Phi) is 3.62. The highest BCUT2D eigenvalue weighted by Crippen LogP contribution is 2.28. The van der Waals surface area contributed by atoms with Gasteiger partial charge in [-0.1, -0.05) is 12.1 Å². The van der Waals surface area contributed by atoms with Gasteiger partial charge in [0.1, 0.15) is 0 Å². The lowest BCUT2D eigenvalue weighted by Crippen LogP contribution is -2.25. The summed E-state index contributed by atoms with van der Waals surface area (Å²) in [6, 6.07) is 5.70. The SMILES string of the molecule is CCOC(=O)C(=O)Nc1cccc2c1CN(C)C2. The fourth-order valence-corrected chi connectivity index (χ4v) is 2.07. The molecule has 0 atom stereocenters. The van der Waals surface area contributed by atoms with E-state index in [-0.39, 0.29) is 6.61 Å². The van der Waals surface area contributed by atoms with E-state index in [1.165, 1.54) is 5.56 Å². The number of anilines is 1. The van der Waals surface area contributed by atoms with Crippen molar-refractivity contribution in [2.24, 2.45) is 0 Å². The van der Waals surface area contributed by atoms with Gasteiger partial charge in [0, 0.05) is 18.8 Å². The second kappa shape index (κ2) is 5.18. The first-order chi connectivity index (χ1) is 8.61. The van der Waals surface area contributed by atoms with Crippen molar-refractivity contribution in [2.75, 3.05) is 19.0 Å². The Labute approximate surface area is 106 Å². The normalized spacial score (nSPS) is 14.1. The van der Waals surface area contributed by atoms with Crippen LogP contribution >= 0.6 is 0 Å². The topological polar surface area (TPSA) is 58.6 Å². The average molecular weight is 248 g/mol. The molecule has 5 heteroatoms. The molecule has 1 aliphatic rings. The third-order valence-electron chi connectivity index (χ3n) is 2.85. The first-order valence-corrected chi connectivity index (χ1v) is 5.89. The number of benzene rings is 1. The van der Waals surface area contributed by atoms with Crippen molar-refractivity contribution in [1.82, 2.24) is 4.90 Å². The van der Waals surface area contributed by atoms with Crippen molar-refractivity contribution in [3.8, 4) is 0 Å². The predicted molar refractivity (Wildman–Crippen MR) is 66.9 cm³/mol. The molecule has 0 radical (unpaired) electrons. The minimum atomic E-state index is -0.846. The van der Waals surface area contributed by atoms with Crippen LogP contribution in [0.1, 0.15) is 18.1 Å². The first-order valence-electron chi connectivity index (χ1n) is 5.89. The Bertz CT molecular complexity index is 485. The van der Waals surface area contributed by atoms with Crippen LogP contribution in [-0.2, 0) is 27.4 Å². The van der Waals surface area contributed by atoms with Gasteiger partial charge in [-0.2, -0.15) is 0 Å². The van der Waals surface area contributed by atoms with Crippen LogP contribution in [0.15, 0.2) is 18.2 Å². The van der Waals surface area contributed by atoms with Gasteiger partial charge in [-0.05, 0) is 31.2 Å². The maximum absolute atomic E-state index is 11.6. The van der Waals surface area contributed by atoms with Crippen molar-refractivity contribution >= 4 is 17.6 Å². The first kappa shape index (κ1) is 12.6. The molecule has 1 aromatic carbocycles. The number of amides is 1. The molecule has 0 spiro atoms. The van der Waals surface area contributed by atoms with Crippen LogP contribution < -0.4 is 5.32 Å². The van der Waals surface area contributed by atoms with E-state index < -0.39 is 11.9 Å². The summed E-state index contributed by atoms with van der Waals surface area (Å²) in [5.74, 6) is -1.57. The predicted octanol–water partition coefficient (Wildman–Crippen LogP) is 1.13. The third kappa shape index (κ3) is 2.51. The second-order valence-electron chi connectivity index (χ2n) is 4.29. The molecule has 0 bridgehead atoms. The quantitative estimate of drug-likeness (QED) is 0.629. The highest BCUT2D eigenvalue weighted by atomic mass is 16.5. The number of nitrogens with zero attached hydrogens (tertiary/aromatic N) is 1. The van der Waals surface area contributed by atoms with Crippen molar-refractivity contribution in [1.29, 1.82) is 0 Å². The van der Waals surface area contributed by atoms with Crippen molar-refractivity contribution < 1.29 is 14.3 Å². The maximum atomic E-state index is 11.6. The summed E-state index contributed by atoms with van der Waals surface area (Å²) in [4.78, 5) is 25.0. The molecule has 1 aromatic rings. The molecule has 0 saturated carbocycles. The van der Waals surface area contributed by atoms with Crippen LogP contribution in [0.5, 0.6) is 0 Å². The molecule has 18 heavy (non-hydrogen) atoms. The van der Waals surface area contributed by atoms with E-state index >= 15 is 0 Å². The molecule has 2 rings (SSSR count). The summed E-state index contributed by atoms with van der Waals surface area (Å²) in [5.41, 5.74) is 2.94. The van der Waals surface area contributed by atoms with E-state index in [9.17, 15) is 9.59 Å². The highest BCUT2D eigenvalue weighted by Gasteiger charge is 2.21.